The molecule has 76 valence electrons. The number of pyridine rings is 1. The van der Waals surface area contributed by atoms with Crippen molar-refractivity contribution in [2.45, 2.75) is 19.9 Å². The zero-order valence-electron chi connectivity index (χ0n) is 7.35. The van der Waals surface area contributed by atoms with Gasteiger partial charge in [-0.3, -0.25) is 4.99 Å². The number of nitrogens with zero attached hydrogens (tertiary/aromatic N) is 1. The van der Waals surface area contributed by atoms with Crippen LogP contribution in [0.5, 0.6) is 0 Å². The van der Waals surface area contributed by atoms with Crippen LogP contribution in [0.25, 0.3) is 0 Å². The van der Waals surface area contributed by atoms with E-state index in [0.29, 0.717) is 18.9 Å². The Labute approximate surface area is 92.9 Å². The molecule has 0 aromatic carbocycles. The van der Waals surface area contributed by atoms with Gasteiger partial charge in [0.2, 0.25) is 0 Å². The van der Waals surface area contributed by atoms with Crippen LogP contribution in [0.4, 0.5) is 0 Å². The van der Waals surface area contributed by atoms with Gasteiger partial charge in [-0.2, -0.15) is 6.07 Å². The first-order valence-electron chi connectivity index (χ1n) is 3.63. The Kier molecular flexibility index (Phi) is 8.65. The second kappa shape index (κ2) is 8.63. The molecular formula is C8H11Cl2CoN2. The molecular weight excluding hydrogens is 254 g/mol. The van der Waals surface area contributed by atoms with Gasteiger partial charge in [0.1, 0.15) is 0 Å². The molecule has 0 fully saturated rings. The van der Waals surface area contributed by atoms with Crippen LogP contribution in [0.3, 0.4) is 0 Å². The first kappa shape index (κ1) is 13.0. The van der Waals surface area contributed by atoms with Gasteiger partial charge >= 0.3 is 33.2 Å². The van der Waals surface area contributed by atoms with Gasteiger partial charge in [-0.1, -0.05) is 6.20 Å². The maximum atomic E-state index is 4.73. The van der Waals surface area contributed by atoms with Crippen molar-refractivity contribution < 1.29 is 12.9 Å². The molecule has 0 spiro atoms. The number of hydrogen-bond donors (Lipinski definition) is 1. The minimum absolute atomic E-state index is 0.329. The average Bonchev–Trinajstić information content (AvgIpc) is 2.06. The Hall–Kier alpha value is 0.0365. The van der Waals surface area contributed by atoms with Crippen molar-refractivity contribution >= 4 is 20.3 Å². The number of nitrogens with one attached hydrogen (secondary N) is 1. The van der Waals surface area contributed by atoms with E-state index in [9.17, 15) is 0 Å². The number of H-pyrrole nitrogens is 1. The molecule has 0 bridgehead atoms. The normalized spacial score (nSPS) is 11.3. The van der Waals surface area contributed by atoms with Gasteiger partial charge < -0.3 is 4.98 Å². The molecule has 0 atom stereocenters. The van der Waals surface area contributed by atoms with E-state index in [-0.39, 0.29) is 0 Å². The van der Waals surface area contributed by atoms with Crippen molar-refractivity contribution in [1.29, 1.82) is 0 Å². The monoisotopic (exact) mass is 264 g/mol. The fraction of sp³-hybridized carbons (Fsp3) is 0.375. The first-order valence-corrected chi connectivity index (χ1v) is 6.50. The third-order valence-electron chi connectivity index (χ3n) is 1.02. The number of halogens is 2. The molecule has 2 nitrogen and oxygen atoms in total. The topological polar surface area (TPSA) is 28.1 Å². The van der Waals surface area contributed by atoms with Crippen molar-refractivity contribution in [2.24, 2.45) is 4.99 Å². The molecule has 0 amide bonds. The van der Waals surface area contributed by atoms with Crippen LogP contribution in [-0.4, -0.2) is 11.0 Å². The zero-order valence-corrected chi connectivity index (χ0v) is 9.90. The second-order valence-electron chi connectivity index (χ2n) is 2.43. The van der Waals surface area contributed by atoms with Crippen LogP contribution in [0.2, 0.25) is 0 Å². The van der Waals surface area contributed by atoms with Crippen molar-refractivity contribution in [3.63, 3.8) is 0 Å². The summed E-state index contributed by atoms with van der Waals surface area (Å²) < 4.78 is 0. The quantitative estimate of drug-likeness (QED) is 0.756. The molecule has 5 heteroatoms. The van der Waals surface area contributed by atoms with E-state index >= 15 is 0 Å². The third kappa shape index (κ3) is 8.37. The minimum atomic E-state index is 0.329. The van der Waals surface area contributed by atoms with E-state index in [1.165, 1.54) is 0 Å². The van der Waals surface area contributed by atoms with Gasteiger partial charge in [-0.25, -0.2) is 12.1 Å². The van der Waals surface area contributed by atoms with E-state index in [0.717, 1.165) is 5.49 Å². The van der Waals surface area contributed by atoms with E-state index in [4.69, 9.17) is 20.3 Å². The Bertz CT molecular complexity index is 255. The second-order valence-corrected chi connectivity index (χ2v) is 4.15. The summed E-state index contributed by atoms with van der Waals surface area (Å²) in [6.45, 7) is 4.07. The van der Waals surface area contributed by atoms with Crippen LogP contribution < -0.4 is 5.49 Å². The molecule has 1 aromatic rings. The SMILES string of the molecule is CC(C)N=c1[c-]ccc[nH]1.[Cl][Co+][Cl]. The van der Waals surface area contributed by atoms with E-state index in [2.05, 4.69) is 16.0 Å². The summed E-state index contributed by atoms with van der Waals surface area (Å²) in [6.07, 6.45) is 1.84. The van der Waals surface area contributed by atoms with Gasteiger partial charge in [0.25, 0.3) is 0 Å². The van der Waals surface area contributed by atoms with Crippen molar-refractivity contribution in [3.05, 3.63) is 29.9 Å². The van der Waals surface area contributed by atoms with Gasteiger partial charge in [-0.15, -0.1) is 0 Å². The van der Waals surface area contributed by atoms with Gasteiger partial charge in [0.05, 0.1) is 0 Å². The van der Waals surface area contributed by atoms with E-state index in [1.807, 2.05) is 32.2 Å². The van der Waals surface area contributed by atoms with E-state index < -0.39 is 0 Å². The Morgan fingerprint density at radius 1 is 1.54 bits per heavy atom. The molecule has 0 aliphatic heterocycles. The molecule has 0 aliphatic rings. The number of hydrogen-bond acceptors (Lipinski definition) is 1. The molecule has 0 radical (unpaired) electrons. The van der Waals surface area contributed by atoms with Crippen molar-refractivity contribution in [3.8, 4) is 0 Å². The number of rotatable bonds is 1. The van der Waals surface area contributed by atoms with Crippen LogP contribution in [0.15, 0.2) is 23.3 Å². The summed E-state index contributed by atoms with van der Waals surface area (Å²) in [6, 6.07) is 7.04. The summed E-state index contributed by atoms with van der Waals surface area (Å²) in [5.41, 5.74) is 0.817. The Morgan fingerprint density at radius 3 is 2.54 bits per heavy atom. The van der Waals surface area contributed by atoms with Crippen LogP contribution >= 0.6 is 20.3 Å². The summed E-state index contributed by atoms with van der Waals surface area (Å²) >= 11 is 0.382. The zero-order chi connectivity index (χ0) is 10.1. The standard InChI is InChI=1S/C8H11N2.2ClH.Co/c1-7(2)10-8-5-3-4-6-9-8;;;/h3-4,6-7H,1-2H3,(H,9,10);2*1H;/q-1;;;+3/p-2. The van der Waals surface area contributed by atoms with Crippen LogP contribution in [0.1, 0.15) is 13.8 Å². The summed E-state index contributed by atoms with van der Waals surface area (Å²) in [5.74, 6) is 0. The Balaban J connectivity index is 0.000000424. The van der Waals surface area contributed by atoms with Crippen LogP contribution in [-0.2, 0) is 12.9 Å². The van der Waals surface area contributed by atoms with Crippen molar-refractivity contribution in [1.82, 2.24) is 4.98 Å². The molecule has 1 heterocycles. The van der Waals surface area contributed by atoms with Crippen LogP contribution in [0, 0.1) is 6.07 Å². The van der Waals surface area contributed by atoms with Gasteiger partial charge in [0.15, 0.2) is 0 Å². The van der Waals surface area contributed by atoms with Crippen molar-refractivity contribution in [2.75, 3.05) is 0 Å². The molecule has 0 saturated carbocycles. The molecule has 0 aliphatic carbocycles. The molecule has 1 aromatic heterocycles. The molecule has 1 rings (SSSR count). The third-order valence-corrected chi connectivity index (χ3v) is 1.02. The van der Waals surface area contributed by atoms with E-state index in [1.54, 1.807) is 0 Å². The summed E-state index contributed by atoms with van der Waals surface area (Å²) in [5, 5.41) is 0. The average molecular weight is 265 g/mol. The predicted octanol–water partition coefficient (Wildman–Crippen LogP) is 2.50. The first-order chi connectivity index (χ1) is 6.20. The maximum absolute atomic E-state index is 4.73. The molecule has 0 saturated heterocycles. The summed E-state index contributed by atoms with van der Waals surface area (Å²) in [7, 11) is 9.47. The molecule has 1 N–H and O–H groups in total. The fourth-order valence-corrected chi connectivity index (χ4v) is 0.677. The van der Waals surface area contributed by atoms with Gasteiger partial charge in [0, 0.05) is 11.5 Å². The Morgan fingerprint density at radius 2 is 2.15 bits per heavy atom. The fourth-order valence-electron chi connectivity index (χ4n) is 0.677. The number of aromatic nitrogens is 1. The molecule has 0 unspecified atom stereocenters. The van der Waals surface area contributed by atoms with Gasteiger partial charge in [-0.05, 0) is 13.8 Å². The number of aromatic amines is 1. The molecule has 13 heavy (non-hydrogen) atoms. The summed E-state index contributed by atoms with van der Waals surface area (Å²) in [4.78, 5) is 7.23. The predicted molar refractivity (Wildman–Crippen MR) is 52.0 cm³/mol.